The Morgan fingerprint density at radius 2 is 2.11 bits per heavy atom. The fraction of sp³-hybridized carbons (Fsp3) is 0.375. The molecule has 0 aliphatic carbocycles. The minimum atomic E-state index is -4.53. The maximum Gasteiger partial charge on any atom is 0.434 e. The molecule has 1 unspecified atom stereocenters. The van der Waals surface area contributed by atoms with Crippen LogP contribution in [0.3, 0.4) is 0 Å². The molecular formula is C16H16F3N7S. The lowest BCUT2D eigenvalue weighted by Crippen LogP contribution is -2.38. The molecule has 0 spiro atoms. The summed E-state index contributed by atoms with van der Waals surface area (Å²) in [6, 6.07) is 3.08. The lowest BCUT2D eigenvalue weighted by atomic mass is 10.1. The number of rotatable bonds is 4. The van der Waals surface area contributed by atoms with Crippen molar-refractivity contribution in [3.63, 3.8) is 0 Å². The standard InChI is InChI=1S/C16H16F3N7S/c17-16(18,19)12-10(4-2-6-21-12)27-11-8-22-13-14(24-11)26-15(25-13)23-9-3-1-5-20-7-9/h2,4,6,8-9,20H,1,3,5,7H2,(H2,22,23,24,25,26). The molecule has 3 aromatic heterocycles. The van der Waals surface area contributed by atoms with E-state index < -0.39 is 11.9 Å². The molecule has 0 amide bonds. The van der Waals surface area contributed by atoms with Crippen LogP contribution in [-0.2, 0) is 6.18 Å². The van der Waals surface area contributed by atoms with Crippen LogP contribution in [0.15, 0.2) is 34.4 Å². The molecule has 1 fully saturated rings. The van der Waals surface area contributed by atoms with Crippen LogP contribution in [0.1, 0.15) is 18.5 Å². The normalized spacial score (nSPS) is 18.0. The molecule has 1 atom stereocenters. The van der Waals surface area contributed by atoms with Crippen LogP contribution in [0.2, 0.25) is 0 Å². The highest BCUT2D eigenvalue weighted by Crippen LogP contribution is 2.37. The molecule has 7 nitrogen and oxygen atoms in total. The van der Waals surface area contributed by atoms with Crippen LogP contribution in [0.4, 0.5) is 19.1 Å². The Morgan fingerprint density at radius 3 is 2.89 bits per heavy atom. The van der Waals surface area contributed by atoms with Gasteiger partial charge >= 0.3 is 6.18 Å². The Labute approximate surface area is 156 Å². The minimum absolute atomic E-state index is 0.0233. The molecule has 0 bridgehead atoms. The number of alkyl halides is 3. The van der Waals surface area contributed by atoms with Gasteiger partial charge in [-0.1, -0.05) is 11.8 Å². The maximum absolute atomic E-state index is 13.1. The first-order chi connectivity index (χ1) is 13.0. The average molecular weight is 395 g/mol. The third-order valence-corrected chi connectivity index (χ3v) is 5.03. The molecule has 1 aliphatic rings. The van der Waals surface area contributed by atoms with Crippen molar-refractivity contribution in [3.8, 4) is 0 Å². The Balaban J connectivity index is 1.55. The van der Waals surface area contributed by atoms with Crippen molar-refractivity contribution in [2.24, 2.45) is 0 Å². The molecule has 0 radical (unpaired) electrons. The van der Waals surface area contributed by atoms with Crippen LogP contribution < -0.4 is 10.6 Å². The summed E-state index contributed by atoms with van der Waals surface area (Å²) in [5, 5.41) is 6.93. The Morgan fingerprint density at radius 1 is 1.22 bits per heavy atom. The number of aromatic nitrogens is 5. The molecule has 4 rings (SSSR count). The highest BCUT2D eigenvalue weighted by atomic mass is 32.2. The first-order valence-corrected chi connectivity index (χ1v) is 9.21. The highest BCUT2D eigenvalue weighted by molar-refractivity contribution is 7.99. The Kier molecular flexibility index (Phi) is 4.87. The van der Waals surface area contributed by atoms with E-state index in [1.54, 1.807) is 0 Å². The van der Waals surface area contributed by atoms with Gasteiger partial charge in [-0.15, -0.1) is 0 Å². The van der Waals surface area contributed by atoms with E-state index in [9.17, 15) is 13.2 Å². The number of halogens is 3. The predicted octanol–water partition coefficient (Wildman–Crippen LogP) is 3.08. The van der Waals surface area contributed by atoms with E-state index in [4.69, 9.17) is 0 Å². The average Bonchev–Trinajstić information content (AvgIpc) is 3.03. The van der Waals surface area contributed by atoms with E-state index in [0.717, 1.165) is 43.9 Å². The second-order valence-electron chi connectivity index (χ2n) is 6.10. The van der Waals surface area contributed by atoms with E-state index in [0.29, 0.717) is 22.3 Å². The van der Waals surface area contributed by atoms with E-state index >= 15 is 0 Å². The number of nitrogens with one attached hydrogen (secondary N) is 3. The summed E-state index contributed by atoms with van der Waals surface area (Å²) in [7, 11) is 0. The van der Waals surface area contributed by atoms with Gasteiger partial charge in [0, 0.05) is 23.7 Å². The number of imidazole rings is 1. The zero-order chi connectivity index (χ0) is 18.9. The number of anilines is 1. The fourth-order valence-electron chi connectivity index (χ4n) is 2.86. The molecule has 142 valence electrons. The first kappa shape index (κ1) is 18.0. The largest absolute Gasteiger partial charge is 0.434 e. The van der Waals surface area contributed by atoms with Gasteiger partial charge in [0.15, 0.2) is 17.0 Å². The third kappa shape index (κ3) is 4.14. The van der Waals surface area contributed by atoms with E-state index in [1.807, 2.05) is 0 Å². The summed E-state index contributed by atoms with van der Waals surface area (Å²) in [5.41, 5.74) is -0.106. The maximum atomic E-state index is 13.1. The molecule has 0 saturated carbocycles. The summed E-state index contributed by atoms with van der Waals surface area (Å²) in [6.07, 6.45) is 0.122. The minimum Gasteiger partial charge on any atom is -0.352 e. The molecule has 4 heterocycles. The van der Waals surface area contributed by atoms with Gasteiger partial charge in [-0.05, 0) is 31.5 Å². The number of fused-ring (bicyclic) bond motifs is 1. The SMILES string of the molecule is FC(F)(F)c1ncccc1Sc1cnc2nc(NC3CCCNC3)[nH]c2n1. The number of aromatic amines is 1. The van der Waals surface area contributed by atoms with Crippen molar-refractivity contribution in [1.29, 1.82) is 0 Å². The van der Waals surface area contributed by atoms with Crippen LogP contribution in [0.5, 0.6) is 0 Å². The molecule has 3 aromatic rings. The summed E-state index contributed by atoms with van der Waals surface area (Å²) in [6.45, 7) is 1.86. The van der Waals surface area contributed by atoms with Gasteiger partial charge in [0.1, 0.15) is 5.03 Å². The summed E-state index contributed by atoms with van der Waals surface area (Å²) in [4.78, 5) is 19.3. The van der Waals surface area contributed by atoms with Crippen molar-refractivity contribution in [3.05, 3.63) is 30.2 Å². The molecule has 11 heteroatoms. The zero-order valence-electron chi connectivity index (χ0n) is 14.0. The smallest absolute Gasteiger partial charge is 0.352 e. The summed E-state index contributed by atoms with van der Waals surface area (Å²) >= 11 is 0.867. The van der Waals surface area contributed by atoms with Gasteiger partial charge in [-0.3, -0.25) is 4.98 Å². The number of nitrogens with zero attached hydrogens (tertiary/aromatic N) is 4. The molecule has 1 aliphatic heterocycles. The first-order valence-electron chi connectivity index (χ1n) is 8.39. The van der Waals surface area contributed by atoms with Crippen molar-refractivity contribution in [2.75, 3.05) is 18.4 Å². The number of hydrogen-bond donors (Lipinski definition) is 3. The van der Waals surface area contributed by atoms with Gasteiger partial charge in [-0.2, -0.15) is 18.2 Å². The number of hydrogen-bond acceptors (Lipinski definition) is 7. The van der Waals surface area contributed by atoms with Crippen LogP contribution in [0, 0.1) is 0 Å². The van der Waals surface area contributed by atoms with Gasteiger partial charge in [-0.25, -0.2) is 9.97 Å². The Hall–Kier alpha value is -2.40. The molecule has 1 saturated heterocycles. The van der Waals surface area contributed by atoms with Gasteiger partial charge in [0.05, 0.1) is 6.20 Å². The number of piperidine rings is 1. The van der Waals surface area contributed by atoms with Crippen molar-refractivity contribution >= 4 is 29.0 Å². The van der Waals surface area contributed by atoms with E-state index in [-0.39, 0.29) is 10.9 Å². The second kappa shape index (κ2) is 7.31. The van der Waals surface area contributed by atoms with Gasteiger partial charge in [0.2, 0.25) is 5.95 Å². The van der Waals surface area contributed by atoms with E-state index in [1.165, 1.54) is 18.3 Å². The summed E-state index contributed by atoms with van der Waals surface area (Å²) in [5.74, 6) is 0.554. The lowest BCUT2D eigenvalue weighted by molar-refractivity contribution is -0.143. The van der Waals surface area contributed by atoms with Crippen LogP contribution >= 0.6 is 11.8 Å². The van der Waals surface area contributed by atoms with Crippen molar-refractivity contribution in [1.82, 2.24) is 30.2 Å². The van der Waals surface area contributed by atoms with Gasteiger partial charge in [0.25, 0.3) is 0 Å². The van der Waals surface area contributed by atoms with Crippen LogP contribution in [-0.4, -0.2) is 44.1 Å². The lowest BCUT2D eigenvalue weighted by Gasteiger charge is -2.23. The number of pyridine rings is 1. The van der Waals surface area contributed by atoms with Crippen molar-refractivity contribution < 1.29 is 13.2 Å². The van der Waals surface area contributed by atoms with Crippen molar-refractivity contribution in [2.45, 2.75) is 35.0 Å². The van der Waals surface area contributed by atoms with Gasteiger partial charge < -0.3 is 15.6 Å². The predicted molar refractivity (Wildman–Crippen MR) is 94.6 cm³/mol. The zero-order valence-corrected chi connectivity index (χ0v) is 14.9. The fourth-order valence-corrected chi connectivity index (χ4v) is 3.74. The summed E-state index contributed by atoms with van der Waals surface area (Å²) < 4.78 is 39.3. The van der Waals surface area contributed by atoms with E-state index in [2.05, 4.69) is 35.6 Å². The third-order valence-electron chi connectivity index (χ3n) is 4.08. The topological polar surface area (TPSA) is 91.4 Å². The molecule has 0 aromatic carbocycles. The Bertz CT molecular complexity index is 937. The molecular weight excluding hydrogens is 379 g/mol. The van der Waals surface area contributed by atoms with Crippen LogP contribution in [0.25, 0.3) is 11.3 Å². The number of H-pyrrole nitrogens is 1. The second-order valence-corrected chi connectivity index (χ2v) is 7.17. The monoisotopic (exact) mass is 395 g/mol. The molecule has 3 N–H and O–H groups in total. The highest BCUT2D eigenvalue weighted by Gasteiger charge is 2.35. The molecule has 27 heavy (non-hydrogen) atoms. The quantitative estimate of drug-likeness (QED) is 0.625.